The summed E-state index contributed by atoms with van der Waals surface area (Å²) < 4.78 is 0. The summed E-state index contributed by atoms with van der Waals surface area (Å²) in [5.41, 5.74) is 5.46. The summed E-state index contributed by atoms with van der Waals surface area (Å²) >= 11 is 4.80. The monoisotopic (exact) mass is 271 g/mol. The molecule has 18 heavy (non-hydrogen) atoms. The molecule has 0 aromatic heterocycles. The molecule has 2 unspecified atom stereocenters. The van der Waals surface area contributed by atoms with Gasteiger partial charge >= 0.3 is 0 Å². The molecule has 0 radical (unpaired) electrons. The molecule has 100 valence electrons. The van der Waals surface area contributed by atoms with E-state index < -0.39 is 17.9 Å². The number of hydrogen-bond acceptors (Lipinski definition) is 4. The lowest BCUT2D eigenvalue weighted by Gasteiger charge is -2.29. The number of rotatable bonds is 4. The zero-order valence-corrected chi connectivity index (χ0v) is 11.3. The van der Waals surface area contributed by atoms with Gasteiger partial charge < -0.3 is 11.1 Å². The number of carbonyl (C=O) groups excluding carboxylic acids is 3. The predicted molar refractivity (Wildman–Crippen MR) is 69.5 cm³/mol. The maximum atomic E-state index is 11.9. The second-order valence-electron chi connectivity index (χ2n) is 4.25. The number of imide groups is 1. The zero-order chi connectivity index (χ0) is 13.9. The van der Waals surface area contributed by atoms with Crippen LogP contribution in [0.2, 0.25) is 0 Å². The molecule has 0 saturated carbocycles. The molecule has 0 aromatic rings. The van der Waals surface area contributed by atoms with Crippen LogP contribution in [-0.4, -0.2) is 40.7 Å². The fraction of sp³-hybridized carbons (Fsp3) is 0.636. The van der Waals surface area contributed by atoms with Gasteiger partial charge in [-0.3, -0.25) is 19.3 Å². The lowest BCUT2D eigenvalue weighted by Crippen LogP contribution is -2.54. The van der Waals surface area contributed by atoms with Gasteiger partial charge in [0.25, 0.3) is 5.91 Å². The number of nitrogens with zero attached hydrogens (tertiary/aromatic N) is 1. The minimum atomic E-state index is -0.663. The molecule has 0 aliphatic carbocycles. The van der Waals surface area contributed by atoms with Crippen LogP contribution in [0.1, 0.15) is 26.2 Å². The molecule has 1 aliphatic rings. The van der Waals surface area contributed by atoms with Gasteiger partial charge in [-0.2, -0.15) is 0 Å². The van der Waals surface area contributed by atoms with E-state index in [-0.39, 0.29) is 23.2 Å². The third kappa shape index (κ3) is 3.04. The van der Waals surface area contributed by atoms with Gasteiger partial charge in [0.05, 0.1) is 10.9 Å². The zero-order valence-electron chi connectivity index (χ0n) is 10.4. The van der Waals surface area contributed by atoms with E-state index in [4.69, 9.17) is 18.0 Å². The maximum Gasteiger partial charge on any atom is 0.251 e. The lowest BCUT2D eigenvalue weighted by atomic mass is 10.0. The van der Waals surface area contributed by atoms with Crippen molar-refractivity contribution in [1.82, 2.24) is 10.2 Å². The molecule has 7 heteroatoms. The molecule has 0 aromatic carbocycles. The Morgan fingerprint density at radius 3 is 2.72 bits per heavy atom. The van der Waals surface area contributed by atoms with Gasteiger partial charge in [-0.15, -0.1) is 0 Å². The van der Waals surface area contributed by atoms with Crippen LogP contribution in [0, 0.1) is 5.92 Å². The smallest absolute Gasteiger partial charge is 0.251 e. The summed E-state index contributed by atoms with van der Waals surface area (Å²) in [6, 6.07) is -0.663. The van der Waals surface area contributed by atoms with Crippen LogP contribution in [0.3, 0.4) is 0 Å². The summed E-state index contributed by atoms with van der Waals surface area (Å²) in [6.07, 6.45) is 1.05. The Bertz CT molecular complexity index is 397. The largest absolute Gasteiger partial charge is 0.393 e. The summed E-state index contributed by atoms with van der Waals surface area (Å²) in [5.74, 6) is -1.55. The summed E-state index contributed by atoms with van der Waals surface area (Å²) in [5, 5.41) is 2.60. The number of piperidine rings is 1. The van der Waals surface area contributed by atoms with Crippen molar-refractivity contribution in [1.29, 1.82) is 0 Å². The molecule has 6 nitrogen and oxygen atoms in total. The fourth-order valence-electron chi connectivity index (χ4n) is 1.84. The van der Waals surface area contributed by atoms with Crippen molar-refractivity contribution in [2.75, 3.05) is 7.05 Å². The molecule has 1 heterocycles. The van der Waals surface area contributed by atoms with E-state index >= 15 is 0 Å². The van der Waals surface area contributed by atoms with Gasteiger partial charge in [-0.05, 0) is 12.8 Å². The fourth-order valence-corrected chi connectivity index (χ4v) is 2.11. The highest BCUT2D eigenvalue weighted by atomic mass is 32.1. The average Bonchev–Trinajstić information content (AvgIpc) is 2.30. The van der Waals surface area contributed by atoms with Gasteiger partial charge in [0, 0.05) is 13.5 Å². The first-order chi connectivity index (χ1) is 8.38. The van der Waals surface area contributed by atoms with Crippen molar-refractivity contribution >= 4 is 34.9 Å². The third-order valence-electron chi connectivity index (χ3n) is 3.03. The van der Waals surface area contributed by atoms with Gasteiger partial charge in [0.15, 0.2) is 0 Å². The predicted octanol–water partition coefficient (Wildman–Crippen LogP) is -0.438. The van der Waals surface area contributed by atoms with Crippen molar-refractivity contribution in [3.05, 3.63) is 0 Å². The first-order valence-corrected chi connectivity index (χ1v) is 6.19. The van der Waals surface area contributed by atoms with E-state index in [2.05, 4.69) is 5.32 Å². The Kier molecular flexibility index (Phi) is 4.77. The molecular weight excluding hydrogens is 254 g/mol. The molecule has 3 amide bonds. The van der Waals surface area contributed by atoms with E-state index in [0.29, 0.717) is 12.8 Å². The Balaban J connectivity index is 2.68. The SMILES string of the molecule is CCC(C(=O)NC1CCC(=O)N(C)C1=O)C(N)=S. The van der Waals surface area contributed by atoms with Crippen LogP contribution in [0.5, 0.6) is 0 Å². The quantitative estimate of drug-likeness (QED) is 0.534. The lowest BCUT2D eigenvalue weighted by molar-refractivity contribution is -0.149. The van der Waals surface area contributed by atoms with E-state index in [1.54, 1.807) is 6.92 Å². The van der Waals surface area contributed by atoms with Gasteiger partial charge in [0.1, 0.15) is 6.04 Å². The van der Waals surface area contributed by atoms with Crippen LogP contribution < -0.4 is 11.1 Å². The van der Waals surface area contributed by atoms with Crippen LogP contribution in [0.4, 0.5) is 0 Å². The highest BCUT2D eigenvalue weighted by molar-refractivity contribution is 7.80. The summed E-state index contributed by atoms with van der Waals surface area (Å²) in [4.78, 5) is 36.1. The van der Waals surface area contributed by atoms with Crippen molar-refractivity contribution in [3.8, 4) is 0 Å². The Labute approximate surface area is 111 Å². The van der Waals surface area contributed by atoms with Crippen LogP contribution >= 0.6 is 12.2 Å². The normalized spacial score (nSPS) is 21.7. The molecule has 0 bridgehead atoms. The van der Waals surface area contributed by atoms with E-state index in [1.165, 1.54) is 7.05 Å². The van der Waals surface area contributed by atoms with Gasteiger partial charge in [-0.1, -0.05) is 19.1 Å². The summed E-state index contributed by atoms with van der Waals surface area (Å²) in [6.45, 7) is 1.79. The Morgan fingerprint density at radius 1 is 1.61 bits per heavy atom. The molecule has 2 atom stereocenters. The number of likely N-dealkylation sites (tertiary alicyclic amines) is 1. The molecule has 3 N–H and O–H groups in total. The average molecular weight is 271 g/mol. The Morgan fingerprint density at radius 2 is 2.22 bits per heavy atom. The first-order valence-electron chi connectivity index (χ1n) is 5.78. The number of carbonyl (C=O) groups is 3. The number of likely N-dealkylation sites (N-methyl/N-ethyl adjacent to an activating group) is 1. The standard InChI is InChI=1S/C11H17N3O3S/c1-3-6(9(12)18)10(16)13-7-4-5-8(15)14(2)11(7)17/h6-7H,3-5H2,1-2H3,(H2,12,18)(H,13,16). The van der Waals surface area contributed by atoms with Crippen LogP contribution in [0.15, 0.2) is 0 Å². The van der Waals surface area contributed by atoms with Gasteiger partial charge in [0.2, 0.25) is 11.8 Å². The van der Waals surface area contributed by atoms with E-state index in [0.717, 1.165) is 4.90 Å². The molecule has 1 rings (SSSR count). The first kappa shape index (κ1) is 14.6. The highest BCUT2D eigenvalue weighted by Gasteiger charge is 2.34. The molecule has 1 fully saturated rings. The highest BCUT2D eigenvalue weighted by Crippen LogP contribution is 2.13. The van der Waals surface area contributed by atoms with Crippen LogP contribution in [-0.2, 0) is 14.4 Å². The number of nitrogens with one attached hydrogen (secondary N) is 1. The second kappa shape index (κ2) is 5.90. The topological polar surface area (TPSA) is 92.5 Å². The molecular formula is C11H17N3O3S. The Hall–Kier alpha value is -1.50. The van der Waals surface area contributed by atoms with Crippen LogP contribution in [0.25, 0.3) is 0 Å². The maximum absolute atomic E-state index is 11.9. The van der Waals surface area contributed by atoms with Crippen molar-refractivity contribution < 1.29 is 14.4 Å². The van der Waals surface area contributed by atoms with Crippen molar-refractivity contribution in [2.24, 2.45) is 11.7 Å². The molecule has 1 aliphatic heterocycles. The third-order valence-corrected chi connectivity index (χ3v) is 3.32. The van der Waals surface area contributed by atoms with E-state index in [1.807, 2.05) is 0 Å². The molecule has 1 saturated heterocycles. The number of amides is 3. The van der Waals surface area contributed by atoms with Crippen molar-refractivity contribution in [2.45, 2.75) is 32.2 Å². The van der Waals surface area contributed by atoms with E-state index in [9.17, 15) is 14.4 Å². The molecule has 0 spiro atoms. The second-order valence-corrected chi connectivity index (χ2v) is 4.73. The van der Waals surface area contributed by atoms with Gasteiger partial charge in [-0.25, -0.2) is 0 Å². The number of nitrogens with two attached hydrogens (primary N) is 1. The number of thiocarbonyl (C=S) groups is 1. The van der Waals surface area contributed by atoms with Crippen molar-refractivity contribution in [3.63, 3.8) is 0 Å². The minimum absolute atomic E-state index is 0.114. The number of hydrogen-bond donors (Lipinski definition) is 2. The summed E-state index contributed by atoms with van der Waals surface area (Å²) in [7, 11) is 1.41. The minimum Gasteiger partial charge on any atom is -0.393 e.